The summed E-state index contributed by atoms with van der Waals surface area (Å²) >= 11 is 0. The van der Waals surface area contributed by atoms with E-state index in [0.717, 1.165) is 27.6 Å². The highest BCUT2D eigenvalue weighted by atomic mass is 35.5. The van der Waals surface area contributed by atoms with Gasteiger partial charge in [0.05, 0.1) is 17.0 Å². The summed E-state index contributed by atoms with van der Waals surface area (Å²) in [7, 11) is -4.34. The summed E-state index contributed by atoms with van der Waals surface area (Å²) in [5.41, 5.74) is 3.67. The highest BCUT2D eigenvalue weighted by Gasteiger charge is 2.48. The fourth-order valence-electron chi connectivity index (χ4n) is 4.54. The number of nitrogens with zero attached hydrogens (tertiary/aromatic N) is 3. The molecule has 2 aromatic heterocycles. The molecule has 0 bridgehead atoms. The zero-order valence-electron chi connectivity index (χ0n) is 19.7. The number of hydrogen-bond donors (Lipinski definition) is 2. The van der Waals surface area contributed by atoms with Gasteiger partial charge in [0.15, 0.2) is 36.5 Å². The number of hydrogen-bond acceptors (Lipinski definition) is 2. The molecule has 2 aromatic carbocycles. The molecule has 1 atom stereocenters. The molecule has 0 saturated heterocycles. The van der Waals surface area contributed by atoms with Crippen molar-refractivity contribution in [2.75, 3.05) is 0 Å². The molecule has 4 aromatic rings. The van der Waals surface area contributed by atoms with E-state index in [2.05, 4.69) is 6.07 Å². The van der Waals surface area contributed by atoms with Crippen molar-refractivity contribution in [1.29, 1.82) is 5.26 Å². The molecule has 0 radical (unpaired) electrons. The van der Waals surface area contributed by atoms with Crippen molar-refractivity contribution >= 4 is 18.4 Å². The van der Waals surface area contributed by atoms with Crippen LogP contribution >= 0.6 is 7.60 Å². The van der Waals surface area contributed by atoms with Gasteiger partial charge in [-0.1, -0.05) is 42.5 Å². The van der Waals surface area contributed by atoms with E-state index < -0.39 is 12.8 Å². The van der Waals surface area contributed by atoms with Crippen molar-refractivity contribution in [3.63, 3.8) is 0 Å². The fraction of sp³-hybridized carbons (Fsp3) is 0.107. The van der Waals surface area contributed by atoms with Gasteiger partial charge in [-0.15, -0.1) is 0 Å². The topological polar surface area (TPSA) is 89.1 Å². The van der Waals surface area contributed by atoms with Crippen molar-refractivity contribution in [2.45, 2.75) is 18.1 Å². The van der Waals surface area contributed by atoms with Gasteiger partial charge >= 0.3 is 7.60 Å². The molecule has 0 saturated carbocycles. The third-order valence-corrected chi connectivity index (χ3v) is 8.15. The molecule has 0 spiro atoms. The van der Waals surface area contributed by atoms with Crippen LogP contribution in [0.2, 0.25) is 0 Å². The summed E-state index contributed by atoms with van der Waals surface area (Å²) < 4.78 is 16.1. The first-order valence-corrected chi connectivity index (χ1v) is 12.8. The Hall–Kier alpha value is -3.30. The largest absolute Gasteiger partial charge is 1.00 e. The van der Waals surface area contributed by atoms with Crippen molar-refractivity contribution in [1.82, 2.24) is 0 Å². The van der Waals surface area contributed by atoms with Crippen LogP contribution in [0, 0.1) is 11.3 Å². The minimum atomic E-state index is -4.34. The normalized spacial score (nSPS) is 16.5. The molecule has 2 N–H and O–H groups in total. The molecule has 37 heavy (non-hydrogen) atoms. The highest BCUT2D eigenvalue weighted by molar-refractivity contribution is 7.53. The van der Waals surface area contributed by atoms with Crippen molar-refractivity contribution in [3.8, 4) is 22.9 Å². The molecule has 1 aliphatic rings. The third kappa shape index (κ3) is 5.52. The lowest BCUT2D eigenvalue weighted by Crippen LogP contribution is -3.00. The fourth-order valence-corrected chi connectivity index (χ4v) is 5.51. The summed E-state index contributed by atoms with van der Waals surface area (Å²) in [4.78, 5) is 20.0. The van der Waals surface area contributed by atoms with Crippen LogP contribution in [0.15, 0.2) is 110 Å². The molecular weight excluding hydrogens is 528 g/mol. The Labute approximate surface area is 227 Å². The van der Waals surface area contributed by atoms with Gasteiger partial charge < -0.3 is 34.6 Å². The number of aromatic nitrogens is 2. The number of allylic oxidation sites excluding steroid dienone is 4. The maximum Gasteiger partial charge on any atom is 0.342 e. The van der Waals surface area contributed by atoms with Crippen LogP contribution in [-0.2, 0) is 11.1 Å². The number of nitriles is 1. The lowest BCUT2D eigenvalue weighted by Gasteiger charge is -2.28. The molecule has 0 amide bonds. The van der Waals surface area contributed by atoms with E-state index in [4.69, 9.17) is 0 Å². The molecule has 5 rings (SSSR count). The van der Waals surface area contributed by atoms with Crippen LogP contribution in [0.4, 0.5) is 0 Å². The summed E-state index contributed by atoms with van der Waals surface area (Å²) in [5, 5.41) is 10.1. The summed E-state index contributed by atoms with van der Waals surface area (Å²) in [6, 6.07) is 21.9. The lowest BCUT2D eigenvalue weighted by molar-refractivity contribution is -0.699. The average molecular weight is 552 g/mol. The molecule has 1 unspecified atom stereocenters. The zero-order valence-corrected chi connectivity index (χ0v) is 22.1. The molecule has 9 heteroatoms. The number of fused-ring (bicyclic) bond motifs is 1. The Morgan fingerprint density at radius 2 is 1.49 bits per heavy atom. The Kier molecular flexibility index (Phi) is 8.71. The second kappa shape index (κ2) is 11.4. The van der Waals surface area contributed by atoms with Crippen molar-refractivity contribution < 1.29 is 48.3 Å². The lowest BCUT2D eigenvalue weighted by atomic mass is 9.99. The van der Waals surface area contributed by atoms with Gasteiger partial charge in [0.25, 0.3) is 0 Å². The minimum absolute atomic E-state index is 0. The second-order valence-corrected chi connectivity index (χ2v) is 10.7. The molecule has 6 nitrogen and oxygen atoms in total. The van der Waals surface area contributed by atoms with Gasteiger partial charge in [0, 0.05) is 35.7 Å². The average Bonchev–Trinajstić information content (AvgIpc) is 2.88. The Balaban J connectivity index is 0.00000190. The minimum Gasteiger partial charge on any atom is -1.00 e. The molecule has 1 aliphatic carbocycles. The highest BCUT2D eigenvalue weighted by Crippen LogP contribution is 2.54. The molecule has 2 heterocycles. The van der Waals surface area contributed by atoms with Gasteiger partial charge in [-0.2, -0.15) is 9.83 Å². The quantitative estimate of drug-likeness (QED) is 0.230. The maximum atomic E-state index is 12.2. The number of benzene rings is 2. The van der Waals surface area contributed by atoms with E-state index >= 15 is 0 Å². The van der Waals surface area contributed by atoms with Gasteiger partial charge in [0.2, 0.25) is 5.69 Å². The van der Waals surface area contributed by atoms with Crippen molar-refractivity contribution in [2.24, 2.45) is 0 Å². The van der Waals surface area contributed by atoms with Crippen LogP contribution in [0.1, 0.15) is 12.0 Å². The summed E-state index contributed by atoms with van der Waals surface area (Å²) in [6.07, 6.45) is 14.9. The number of halogens is 2. The Bertz CT molecular complexity index is 1560. The maximum absolute atomic E-state index is 12.2. The van der Waals surface area contributed by atoms with Gasteiger partial charge in [-0.25, -0.2) is 4.57 Å². The van der Waals surface area contributed by atoms with Crippen LogP contribution in [0.25, 0.3) is 27.6 Å². The number of rotatable bonds is 5. The van der Waals surface area contributed by atoms with Crippen LogP contribution in [-0.4, -0.2) is 14.9 Å². The SMILES string of the molecule is N#Cc1ccc(-[n+]2ccc(-c3cc[n+](CC4(P(=O)(O)O)C=CC=CC4)cc3)cc2)c2ccccc12.[Cl-].[Cl-]. The van der Waals surface area contributed by atoms with Crippen LogP contribution < -0.4 is 33.9 Å². The Morgan fingerprint density at radius 3 is 2.05 bits per heavy atom. The van der Waals surface area contributed by atoms with E-state index in [1.165, 1.54) is 0 Å². The van der Waals surface area contributed by atoms with Crippen LogP contribution in [0.5, 0.6) is 0 Å². The van der Waals surface area contributed by atoms with E-state index in [9.17, 15) is 19.6 Å². The van der Waals surface area contributed by atoms with E-state index in [0.29, 0.717) is 12.0 Å². The first-order chi connectivity index (χ1) is 16.9. The zero-order chi connectivity index (χ0) is 24.5. The van der Waals surface area contributed by atoms with E-state index in [1.807, 2.05) is 101 Å². The van der Waals surface area contributed by atoms with Gasteiger partial charge in [0.1, 0.15) is 0 Å². The predicted octanol–water partition coefficient (Wildman–Crippen LogP) is -1.62. The summed E-state index contributed by atoms with van der Waals surface area (Å²) in [5.74, 6) is 0. The molecule has 188 valence electrons. The van der Waals surface area contributed by atoms with Crippen LogP contribution in [0.3, 0.4) is 0 Å². The second-order valence-electron chi connectivity index (χ2n) is 8.68. The van der Waals surface area contributed by atoms with Gasteiger partial charge in [-0.05, 0) is 29.7 Å². The standard InChI is InChI=1S/C28H22N3O3P.2ClH/c29-20-24-8-9-27(26-7-3-2-6-25(24)26)31-18-12-23(13-19-31)22-10-16-30(17-11-22)21-28(35(32,33)34)14-4-1-5-15-28;;/h1-14,16-19H,15,21H2;2*1H. The molecular formula is C28H24Cl2N3O3P. The third-order valence-electron chi connectivity index (χ3n) is 6.52. The monoisotopic (exact) mass is 551 g/mol. The molecule has 0 aliphatic heterocycles. The first kappa shape index (κ1) is 28.3. The Morgan fingerprint density at radius 1 is 0.865 bits per heavy atom. The van der Waals surface area contributed by atoms with Gasteiger partial charge in [-0.3, -0.25) is 4.57 Å². The first-order valence-electron chi connectivity index (χ1n) is 11.2. The number of pyridine rings is 2. The van der Waals surface area contributed by atoms with E-state index in [-0.39, 0.29) is 31.4 Å². The van der Waals surface area contributed by atoms with E-state index in [1.54, 1.807) is 18.2 Å². The smallest absolute Gasteiger partial charge is 0.342 e. The predicted molar refractivity (Wildman–Crippen MR) is 133 cm³/mol. The molecule has 0 fully saturated rings. The van der Waals surface area contributed by atoms with Crippen molar-refractivity contribution in [3.05, 3.63) is 115 Å². The summed E-state index contributed by atoms with van der Waals surface area (Å²) in [6.45, 7) is 0.193.